The number of hydrogen-bond donors (Lipinski definition) is 1. The van der Waals surface area contributed by atoms with Gasteiger partial charge in [0, 0.05) is 10.9 Å². The van der Waals surface area contributed by atoms with Crippen molar-refractivity contribution in [3.05, 3.63) is 64.9 Å². The highest BCUT2D eigenvalue weighted by molar-refractivity contribution is 6.30. The summed E-state index contributed by atoms with van der Waals surface area (Å²) in [5.74, 6) is 0.950. The molecule has 4 heteroatoms. The van der Waals surface area contributed by atoms with Gasteiger partial charge in [0.1, 0.15) is 11.2 Å². The second kappa shape index (κ2) is 4.34. The summed E-state index contributed by atoms with van der Waals surface area (Å²) in [7, 11) is 0. The number of H-pyrrole nitrogens is 1. The molecule has 1 heterocycles. The van der Waals surface area contributed by atoms with E-state index in [1.54, 1.807) is 0 Å². The van der Waals surface area contributed by atoms with Crippen molar-refractivity contribution in [3.63, 3.8) is 0 Å². The smallest absolute Gasteiger partial charge is 0.128 e. The quantitative estimate of drug-likeness (QED) is 0.771. The summed E-state index contributed by atoms with van der Waals surface area (Å²) in [6.45, 7) is 0. The molecule has 2 aromatic carbocycles. The van der Waals surface area contributed by atoms with Crippen LogP contribution in [0.2, 0.25) is 5.02 Å². The Balaban J connectivity index is 1.76. The van der Waals surface area contributed by atoms with Crippen LogP contribution in [0.5, 0.6) is 0 Å². The molecule has 102 valence electrons. The summed E-state index contributed by atoms with van der Waals surface area (Å²) >= 11 is 5.93. The number of nitriles is 1. The predicted octanol–water partition coefficient (Wildman–Crippen LogP) is 4.17. The van der Waals surface area contributed by atoms with Crippen LogP contribution in [-0.2, 0) is 5.41 Å². The van der Waals surface area contributed by atoms with Crippen LogP contribution in [0, 0.1) is 11.3 Å². The van der Waals surface area contributed by atoms with Crippen molar-refractivity contribution in [2.75, 3.05) is 0 Å². The Kier molecular flexibility index (Phi) is 2.57. The molecule has 1 saturated carbocycles. The Bertz CT molecular complexity index is 827. The molecule has 4 rings (SSSR count). The standard InChI is InChI=1S/C17H12ClN3/c18-12-7-5-11(6-8-12)13-9-17(13,10-19)16-20-14-3-1-2-4-15(14)21-16/h1-8,13H,9H2,(H,20,21). The number of aromatic amines is 1. The molecule has 0 saturated heterocycles. The summed E-state index contributed by atoms with van der Waals surface area (Å²) in [5, 5.41) is 10.4. The molecule has 21 heavy (non-hydrogen) atoms. The van der Waals surface area contributed by atoms with Gasteiger partial charge in [-0.3, -0.25) is 0 Å². The Morgan fingerprint density at radius 2 is 1.95 bits per heavy atom. The predicted molar refractivity (Wildman–Crippen MR) is 82.2 cm³/mol. The Morgan fingerprint density at radius 3 is 2.67 bits per heavy atom. The van der Waals surface area contributed by atoms with E-state index in [1.807, 2.05) is 48.5 Å². The van der Waals surface area contributed by atoms with Gasteiger partial charge in [-0.15, -0.1) is 0 Å². The van der Waals surface area contributed by atoms with Crippen molar-refractivity contribution < 1.29 is 0 Å². The first-order valence-corrected chi connectivity index (χ1v) is 7.23. The minimum absolute atomic E-state index is 0.181. The van der Waals surface area contributed by atoms with Gasteiger partial charge >= 0.3 is 0 Å². The highest BCUT2D eigenvalue weighted by Gasteiger charge is 2.59. The van der Waals surface area contributed by atoms with E-state index in [0.29, 0.717) is 5.02 Å². The van der Waals surface area contributed by atoms with Gasteiger partial charge in [0.05, 0.1) is 17.1 Å². The summed E-state index contributed by atoms with van der Waals surface area (Å²) in [6, 6.07) is 18.1. The number of halogens is 1. The van der Waals surface area contributed by atoms with Crippen molar-refractivity contribution in [1.82, 2.24) is 9.97 Å². The number of fused-ring (bicyclic) bond motifs is 1. The second-order valence-electron chi connectivity index (χ2n) is 5.49. The van der Waals surface area contributed by atoms with Gasteiger partial charge in [0.2, 0.25) is 0 Å². The third kappa shape index (κ3) is 1.84. The van der Waals surface area contributed by atoms with Crippen LogP contribution >= 0.6 is 11.6 Å². The Morgan fingerprint density at radius 1 is 1.19 bits per heavy atom. The first-order chi connectivity index (χ1) is 10.2. The van der Waals surface area contributed by atoms with Gasteiger partial charge in [-0.1, -0.05) is 35.9 Å². The molecular formula is C17H12ClN3. The van der Waals surface area contributed by atoms with E-state index in [9.17, 15) is 5.26 Å². The molecule has 0 amide bonds. The average Bonchev–Trinajstić information content (AvgIpc) is 3.10. The zero-order valence-electron chi connectivity index (χ0n) is 11.2. The zero-order chi connectivity index (χ0) is 14.4. The molecule has 1 aromatic heterocycles. The van der Waals surface area contributed by atoms with Crippen LogP contribution in [0.15, 0.2) is 48.5 Å². The highest BCUT2D eigenvalue weighted by Crippen LogP contribution is 2.59. The lowest BCUT2D eigenvalue weighted by Gasteiger charge is -2.05. The molecule has 3 aromatic rings. The maximum absolute atomic E-state index is 9.69. The van der Waals surface area contributed by atoms with Crippen molar-refractivity contribution >= 4 is 22.6 Å². The molecular weight excluding hydrogens is 282 g/mol. The summed E-state index contributed by atoms with van der Waals surface area (Å²) < 4.78 is 0. The second-order valence-corrected chi connectivity index (χ2v) is 5.93. The molecule has 1 aliphatic carbocycles. The van der Waals surface area contributed by atoms with Crippen LogP contribution in [0.4, 0.5) is 0 Å². The van der Waals surface area contributed by atoms with Crippen molar-refractivity contribution in [1.29, 1.82) is 5.26 Å². The van der Waals surface area contributed by atoms with Gasteiger partial charge in [0.25, 0.3) is 0 Å². The topological polar surface area (TPSA) is 52.5 Å². The van der Waals surface area contributed by atoms with Crippen LogP contribution in [0.1, 0.15) is 23.7 Å². The molecule has 0 bridgehead atoms. The number of nitrogens with one attached hydrogen (secondary N) is 1. The van der Waals surface area contributed by atoms with Crippen LogP contribution in [0.3, 0.4) is 0 Å². The summed E-state index contributed by atoms with van der Waals surface area (Å²) in [4.78, 5) is 7.91. The van der Waals surface area contributed by atoms with Gasteiger partial charge in [-0.25, -0.2) is 4.98 Å². The zero-order valence-corrected chi connectivity index (χ0v) is 11.9. The number of benzene rings is 2. The van der Waals surface area contributed by atoms with Crippen LogP contribution in [0.25, 0.3) is 11.0 Å². The maximum atomic E-state index is 9.69. The normalized spacial score (nSPS) is 23.9. The van der Waals surface area contributed by atoms with Gasteiger partial charge in [-0.05, 0) is 36.2 Å². The molecule has 0 radical (unpaired) electrons. The van der Waals surface area contributed by atoms with E-state index in [-0.39, 0.29) is 5.92 Å². The van der Waals surface area contributed by atoms with Gasteiger partial charge in [0.15, 0.2) is 0 Å². The largest absolute Gasteiger partial charge is 0.341 e. The molecule has 2 unspecified atom stereocenters. The van der Waals surface area contributed by atoms with Crippen molar-refractivity contribution in [2.24, 2.45) is 0 Å². The lowest BCUT2D eigenvalue weighted by molar-refractivity contribution is 0.790. The molecule has 0 spiro atoms. The highest BCUT2D eigenvalue weighted by atomic mass is 35.5. The first-order valence-electron chi connectivity index (χ1n) is 6.85. The minimum atomic E-state index is -0.535. The number of para-hydroxylation sites is 2. The van der Waals surface area contributed by atoms with Crippen LogP contribution < -0.4 is 0 Å². The minimum Gasteiger partial charge on any atom is -0.341 e. The van der Waals surface area contributed by atoms with Crippen molar-refractivity contribution in [3.8, 4) is 6.07 Å². The monoisotopic (exact) mass is 293 g/mol. The fraction of sp³-hybridized carbons (Fsp3) is 0.176. The fourth-order valence-electron chi connectivity index (χ4n) is 2.96. The maximum Gasteiger partial charge on any atom is 0.128 e. The molecule has 3 nitrogen and oxygen atoms in total. The van der Waals surface area contributed by atoms with E-state index in [2.05, 4.69) is 16.0 Å². The molecule has 1 N–H and O–H groups in total. The van der Waals surface area contributed by atoms with E-state index >= 15 is 0 Å². The number of hydrogen-bond acceptors (Lipinski definition) is 2. The van der Waals surface area contributed by atoms with Crippen molar-refractivity contribution in [2.45, 2.75) is 17.8 Å². The van der Waals surface area contributed by atoms with Gasteiger partial charge in [-0.2, -0.15) is 5.26 Å². The summed E-state index contributed by atoms with van der Waals surface area (Å²) in [6.07, 6.45) is 0.797. The fourth-order valence-corrected chi connectivity index (χ4v) is 3.09. The number of imidazole rings is 1. The Hall–Kier alpha value is -2.31. The molecule has 1 aliphatic rings. The number of aromatic nitrogens is 2. The third-order valence-electron chi connectivity index (χ3n) is 4.24. The van der Waals surface area contributed by atoms with Crippen LogP contribution in [-0.4, -0.2) is 9.97 Å². The summed E-state index contributed by atoms with van der Waals surface area (Å²) in [5.41, 5.74) is 2.49. The lowest BCUT2D eigenvalue weighted by atomic mass is 10.00. The molecule has 2 atom stereocenters. The van der Waals surface area contributed by atoms with E-state index in [0.717, 1.165) is 28.8 Å². The van der Waals surface area contributed by atoms with E-state index in [4.69, 9.17) is 11.6 Å². The Labute approximate surface area is 127 Å². The first kappa shape index (κ1) is 12.4. The lowest BCUT2D eigenvalue weighted by Crippen LogP contribution is -2.08. The van der Waals surface area contributed by atoms with E-state index < -0.39 is 5.41 Å². The van der Waals surface area contributed by atoms with E-state index in [1.165, 1.54) is 0 Å². The molecule has 1 fully saturated rings. The number of nitrogens with zero attached hydrogens (tertiary/aromatic N) is 2. The SMILES string of the molecule is N#CC1(c2nc3ccccc3[nH]2)CC1c1ccc(Cl)cc1. The van der Waals surface area contributed by atoms with Gasteiger partial charge < -0.3 is 4.98 Å². The average molecular weight is 294 g/mol. The number of rotatable bonds is 2. The molecule has 0 aliphatic heterocycles. The third-order valence-corrected chi connectivity index (χ3v) is 4.50.